The zero-order valence-electron chi connectivity index (χ0n) is 15.6. The fourth-order valence-electron chi connectivity index (χ4n) is 3.41. The third-order valence-electron chi connectivity index (χ3n) is 5.20. The molecule has 3 amide bonds. The van der Waals surface area contributed by atoms with Crippen molar-refractivity contribution < 1.29 is 18.8 Å². The fraction of sp³-hybridized carbons (Fsp3) is 0.227. The average Bonchev–Trinajstić information content (AvgIpc) is 3.50. The van der Waals surface area contributed by atoms with Crippen molar-refractivity contribution in [2.24, 2.45) is 0 Å². The molecule has 0 aromatic heterocycles. The van der Waals surface area contributed by atoms with Gasteiger partial charge in [-0.2, -0.15) is 0 Å². The van der Waals surface area contributed by atoms with Crippen LogP contribution in [0.4, 0.5) is 9.18 Å². The van der Waals surface area contributed by atoms with Crippen LogP contribution >= 0.6 is 11.8 Å². The Balaban J connectivity index is 1.37. The number of amides is 3. The first-order valence-electron chi connectivity index (χ1n) is 9.35. The van der Waals surface area contributed by atoms with Gasteiger partial charge in [0.05, 0.1) is 10.3 Å². The molecular weight excluding hydrogens is 391 g/mol. The van der Waals surface area contributed by atoms with E-state index in [0.29, 0.717) is 0 Å². The van der Waals surface area contributed by atoms with Gasteiger partial charge in [-0.25, -0.2) is 4.39 Å². The van der Waals surface area contributed by atoms with Crippen LogP contribution in [-0.2, 0) is 15.0 Å². The summed E-state index contributed by atoms with van der Waals surface area (Å²) in [5.74, 6) is -1.01. The van der Waals surface area contributed by atoms with Crippen LogP contribution in [0.3, 0.4) is 0 Å². The Kier molecular flexibility index (Phi) is 5.24. The van der Waals surface area contributed by atoms with E-state index in [1.807, 2.05) is 30.3 Å². The first-order chi connectivity index (χ1) is 14.0. The van der Waals surface area contributed by atoms with Gasteiger partial charge in [0.15, 0.2) is 0 Å². The zero-order valence-corrected chi connectivity index (χ0v) is 16.4. The van der Waals surface area contributed by atoms with Gasteiger partial charge < -0.3 is 5.32 Å². The molecule has 1 saturated carbocycles. The summed E-state index contributed by atoms with van der Waals surface area (Å²) in [6, 6.07) is 15.7. The molecule has 2 fully saturated rings. The van der Waals surface area contributed by atoms with Gasteiger partial charge in [0, 0.05) is 18.7 Å². The van der Waals surface area contributed by atoms with Crippen LogP contribution in [-0.4, -0.2) is 35.0 Å². The van der Waals surface area contributed by atoms with Crippen LogP contribution in [0.1, 0.15) is 24.0 Å². The SMILES string of the molecule is O=C1S/C(=C\c2ccccc2F)C(=O)N1CCNC(=O)C1(c2ccccc2)CC1. The van der Waals surface area contributed by atoms with Gasteiger partial charge in [-0.05, 0) is 42.3 Å². The summed E-state index contributed by atoms with van der Waals surface area (Å²) in [5.41, 5.74) is 0.742. The number of imide groups is 1. The number of carbonyl (C=O) groups excluding carboxylic acids is 3. The summed E-state index contributed by atoms with van der Waals surface area (Å²) < 4.78 is 13.8. The number of hydrogen-bond acceptors (Lipinski definition) is 4. The van der Waals surface area contributed by atoms with Gasteiger partial charge >= 0.3 is 0 Å². The second kappa shape index (κ2) is 7.83. The number of rotatable bonds is 6. The highest BCUT2D eigenvalue weighted by atomic mass is 32.2. The second-order valence-electron chi connectivity index (χ2n) is 7.06. The quantitative estimate of drug-likeness (QED) is 0.738. The molecule has 4 rings (SSSR count). The van der Waals surface area contributed by atoms with Crippen molar-refractivity contribution in [1.82, 2.24) is 10.2 Å². The Labute approximate surface area is 172 Å². The van der Waals surface area contributed by atoms with Crippen LogP contribution in [0, 0.1) is 5.82 Å². The van der Waals surface area contributed by atoms with Crippen molar-refractivity contribution in [3.63, 3.8) is 0 Å². The molecule has 7 heteroatoms. The Morgan fingerprint density at radius 3 is 2.48 bits per heavy atom. The molecule has 1 saturated heterocycles. The number of benzene rings is 2. The standard InChI is InChI=1S/C22H19FN2O3S/c23-17-9-5-4-6-15(17)14-18-19(26)25(21(28)29-18)13-12-24-20(27)22(10-11-22)16-7-2-1-3-8-16/h1-9,14H,10-13H2,(H,24,27)/b18-14-. The highest BCUT2D eigenvalue weighted by Crippen LogP contribution is 2.48. The molecule has 1 heterocycles. The third-order valence-corrected chi connectivity index (χ3v) is 6.10. The molecule has 29 heavy (non-hydrogen) atoms. The number of carbonyl (C=O) groups is 3. The molecule has 0 spiro atoms. The lowest BCUT2D eigenvalue weighted by Gasteiger charge is -2.17. The van der Waals surface area contributed by atoms with Crippen LogP contribution < -0.4 is 5.32 Å². The maximum atomic E-state index is 13.8. The summed E-state index contributed by atoms with van der Waals surface area (Å²) in [6.07, 6.45) is 2.96. The number of hydrogen-bond donors (Lipinski definition) is 1. The van der Waals surface area contributed by atoms with Crippen molar-refractivity contribution in [2.45, 2.75) is 18.3 Å². The maximum absolute atomic E-state index is 13.8. The molecule has 1 aliphatic heterocycles. The number of thioether (sulfide) groups is 1. The Hall–Kier alpha value is -2.93. The minimum atomic E-state index is -0.495. The predicted octanol–water partition coefficient (Wildman–Crippen LogP) is 3.71. The van der Waals surface area contributed by atoms with Crippen LogP contribution in [0.25, 0.3) is 6.08 Å². The lowest BCUT2D eigenvalue weighted by atomic mass is 9.95. The van der Waals surface area contributed by atoms with E-state index in [0.717, 1.165) is 35.1 Å². The van der Waals surface area contributed by atoms with E-state index >= 15 is 0 Å². The van der Waals surface area contributed by atoms with E-state index < -0.39 is 22.4 Å². The lowest BCUT2D eigenvalue weighted by molar-refractivity contribution is -0.125. The minimum Gasteiger partial charge on any atom is -0.354 e. The first kappa shape index (κ1) is 19.4. The van der Waals surface area contributed by atoms with E-state index in [-0.39, 0.29) is 29.5 Å². The highest BCUT2D eigenvalue weighted by molar-refractivity contribution is 8.18. The second-order valence-corrected chi connectivity index (χ2v) is 8.05. The molecule has 0 atom stereocenters. The lowest BCUT2D eigenvalue weighted by Crippen LogP contribution is -2.41. The number of nitrogens with one attached hydrogen (secondary N) is 1. The molecule has 1 N–H and O–H groups in total. The Morgan fingerprint density at radius 2 is 1.79 bits per heavy atom. The Morgan fingerprint density at radius 1 is 1.10 bits per heavy atom. The van der Waals surface area contributed by atoms with Crippen LogP contribution in [0.15, 0.2) is 59.5 Å². The van der Waals surface area contributed by atoms with Crippen LogP contribution in [0.5, 0.6) is 0 Å². The predicted molar refractivity (Wildman–Crippen MR) is 109 cm³/mol. The minimum absolute atomic E-state index is 0.0793. The molecule has 2 aromatic carbocycles. The molecule has 5 nitrogen and oxygen atoms in total. The van der Waals surface area contributed by atoms with E-state index in [9.17, 15) is 18.8 Å². The first-order valence-corrected chi connectivity index (χ1v) is 10.2. The summed E-state index contributed by atoms with van der Waals surface area (Å²) in [7, 11) is 0. The van der Waals surface area contributed by atoms with Gasteiger partial charge in [0.1, 0.15) is 5.82 Å². The third kappa shape index (κ3) is 3.82. The highest BCUT2D eigenvalue weighted by Gasteiger charge is 2.51. The molecule has 1 aliphatic carbocycles. The van der Waals surface area contributed by atoms with Gasteiger partial charge in [-0.1, -0.05) is 48.5 Å². The van der Waals surface area contributed by atoms with E-state index in [4.69, 9.17) is 0 Å². The normalized spacial score (nSPS) is 18.9. The fourth-order valence-corrected chi connectivity index (χ4v) is 4.26. The zero-order chi connectivity index (χ0) is 20.4. The van der Waals surface area contributed by atoms with E-state index in [2.05, 4.69) is 5.32 Å². The molecule has 2 aliphatic rings. The monoisotopic (exact) mass is 410 g/mol. The van der Waals surface area contributed by atoms with Crippen molar-refractivity contribution in [3.8, 4) is 0 Å². The van der Waals surface area contributed by atoms with Crippen molar-refractivity contribution >= 4 is 34.9 Å². The summed E-state index contributed by atoms with van der Waals surface area (Å²) in [6.45, 7) is 0.258. The van der Waals surface area contributed by atoms with Crippen molar-refractivity contribution in [2.75, 3.05) is 13.1 Å². The van der Waals surface area contributed by atoms with Crippen LogP contribution in [0.2, 0.25) is 0 Å². The van der Waals surface area contributed by atoms with E-state index in [1.54, 1.807) is 18.2 Å². The summed E-state index contributed by atoms with van der Waals surface area (Å²) in [4.78, 5) is 38.6. The average molecular weight is 410 g/mol. The van der Waals surface area contributed by atoms with Crippen molar-refractivity contribution in [1.29, 1.82) is 0 Å². The summed E-state index contributed by atoms with van der Waals surface area (Å²) >= 11 is 0.778. The van der Waals surface area contributed by atoms with Gasteiger partial charge in [-0.3, -0.25) is 19.3 Å². The van der Waals surface area contributed by atoms with Gasteiger partial charge in [0.25, 0.3) is 11.1 Å². The molecule has 0 bridgehead atoms. The molecule has 0 unspecified atom stereocenters. The molecule has 148 valence electrons. The number of halogens is 1. The maximum Gasteiger partial charge on any atom is 0.293 e. The smallest absolute Gasteiger partial charge is 0.293 e. The van der Waals surface area contributed by atoms with E-state index in [1.165, 1.54) is 12.1 Å². The Bertz CT molecular complexity index is 1000. The summed E-state index contributed by atoms with van der Waals surface area (Å²) in [5, 5.41) is 2.43. The molecular formula is C22H19FN2O3S. The van der Waals surface area contributed by atoms with Crippen molar-refractivity contribution in [3.05, 3.63) is 76.4 Å². The molecule has 2 aromatic rings. The van der Waals surface area contributed by atoms with Gasteiger partial charge in [-0.15, -0.1) is 0 Å². The van der Waals surface area contributed by atoms with Gasteiger partial charge in [0.2, 0.25) is 5.91 Å². The topological polar surface area (TPSA) is 66.5 Å². The largest absolute Gasteiger partial charge is 0.354 e. The number of nitrogens with zero attached hydrogens (tertiary/aromatic N) is 1. The molecule has 0 radical (unpaired) electrons.